The number of allylic oxidation sites excluding steroid dienone is 1. The van der Waals surface area contributed by atoms with Crippen LogP contribution in [0.15, 0.2) is 29.8 Å². The standard InChI is InChI=1S/C13H13FO2/c14-10-7-5-9(6-8-10)11-3-1-2-4-12(11)13(15)16/h5-8H,1-4H2,(H,15,16). The molecule has 1 aliphatic carbocycles. The largest absolute Gasteiger partial charge is 0.478 e. The summed E-state index contributed by atoms with van der Waals surface area (Å²) in [5.74, 6) is -1.14. The smallest absolute Gasteiger partial charge is 0.331 e. The number of carboxylic acid groups (broad SMARTS) is 1. The van der Waals surface area contributed by atoms with Gasteiger partial charge in [-0.25, -0.2) is 9.18 Å². The maximum atomic E-state index is 12.8. The summed E-state index contributed by atoms with van der Waals surface area (Å²) in [4.78, 5) is 11.1. The van der Waals surface area contributed by atoms with E-state index in [1.54, 1.807) is 12.1 Å². The number of carboxylic acids is 1. The summed E-state index contributed by atoms with van der Waals surface area (Å²) in [6, 6.07) is 6.05. The molecule has 84 valence electrons. The van der Waals surface area contributed by atoms with Crippen LogP contribution in [-0.4, -0.2) is 11.1 Å². The van der Waals surface area contributed by atoms with Crippen LogP contribution < -0.4 is 0 Å². The third kappa shape index (κ3) is 2.13. The number of hydrogen-bond acceptors (Lipinski definition) is 1. The molecule has 0 aromatic heterocycles. The SMILES string of the molecule is O=C(O)C1=C(c2ccc(F)cc2)CCCC1. The van der Waals surface area contributed by atoms with Crippen molar-refractivity contribution in [1.82, 2.24) is 0 Å². The van der Waals surface area contributed by atoms with Gasteiger partial charge in [-0.2, -0.15) is 0 Å². The summed E-state index contributed by atoms with van der Waals surface area (Å²) in [6.07, 6.45) is 3.31. The van der Waals surface area contributed by atoms with Crippen LogP contribution in [0.2, 0.25) is 0 Å². The van der Waals surface area contributed by atoms with E-state index in [1.807, 2.05) is 0 Å². The first-order valence-electron chi connectivity index (χ1n) is 5.40. The Kier molecular flexibility index (Phi) is 3.04. The molecule has 0 atom stereocenters. The van der Waals surface area contributed by atoms with Crippen molar-refractivity contribution in [3.63, 3.8) is 0 Å². The maximum Gasteiger partial charge on any atom is 0.331 e. The quantitative estimate of drug-likeness (QED) is 0.830. The summed E-state index contributed by atoms with van der Waals surface area (Å²) in [7, 11) is 0. The van der Waals surface area contributed by atoms with E-state index < -0.39 is 5.97 Å². The fraction of sp³-hybridized carbons (Fsp3) is 0.308. The van der Waals surface area contributed by atoms with Crippen LogP contribution in [0.3, 0.4) is 0 Å². The lowest BCUT2D eigenvalue weighted by molar-refractivity contribution is -0.132. The fourth-order valence-corrected chi connectivity index (χ4v) is 2.11. The van der Waals surface area contributed by atoms with E-state index in [1.165, 1.54) is 12.1 Å². The normalized spacial score (nSPS) is 16.3. The zero-order valence-electron chi connectivity index (χ0n) is 8.87. The fourth-order valence-electron chi connectivity index (χ4n) is 2.11. The minimum atomic E-state index is -0.848. The molecule has 2 rings (SSSR count). The molecular weight excluding hydrogens is 207 g/mol. The van der Waals surface area contributed by atoms with Gasteiger partial charge in [0.15, 0.2) is 0 Å². The Bertz CT molecular complexity index is 432. The lowest BCUT2D eigenvalue weighted by Gasteiger charge is -2.17. The van der Waals surface area contributed by atoms with E-state index in [9.17, 15) is 9.18 Å². The molecule has 0 saturated carbocycles. The molecule has 0 fully saturated rings. The zero-order chi connectivity index (χ0) is 11.5. The average molecular weight is 220 g/mol. The first kappa shape index (κ1) is 10.9. The molecule has 0 heterocycles. The zero-order valence-corrected chi connectivity index (χ0v) is 8.87. The van der Waals surface area contributed by atoms with Crippen LogP contribution >= 0.6 is 0 Å². The van der Waals surface area contributed by atoms with E-state index in [-0.39, 0.29) is 5.82 Å². The molecule has 0 saturated heterocycles. The second kappa shape index (κ2) is 4.47. The van der Waals surface area contributed by atoms with Crippen molar-refractivity contribution < 1.29 is 14.3 Å². The highest BCUT2D eigenvalue weighted by molar-refractivity contribution is 5.96. The van der Waals surface area contributed by atoms with E-state index in [0.717, 1.165) is 30.4 Å². The first-order chi connectivity index (χ1) is 7.68. The van der Waals surface area contributed by atoms with Gasteiger partial charge in [0, 0.05) is 5.57 Å². The molecule has 16 heavy (non-hydrogen) atoms. The third-order valence-electron chi connectivity index (χ3n) is 2.92. The van der Waals surface area contributed by atoms with Crippen molar-refractivity contribution in [2.75, 3.05) is 0 Å². The number of aliphatic carboxylic acids is 1. The van der Waals surface area contributed by atoms with Crippen molar-refractivity contribution in [3.8, 4) is 0 Å². The van der Waals surface area contributed by atoms with Gasteiger partial charge in [-0.15, -0.1) is 0 Å². The van der Waals surface area contributed by atoms with E-state index in [4.69, 9.17) is 5.11 Å². The van der Waals surface area contributed by atoms with Gasteiger partial charge in [0.1, 0.15) is 5.82 Å². The van der Waals surface area contributed by atoms with Gasteiger partial charge >= 0.3 is 5.97 Å². The van der Waals surface area contributed by atoms with Crippen molar-refractivity contribution in [2.24, 2.45) is 0 Å². The van der Waals surface area contributed by atoms with Crippen molar-refractivity contribution in [3.05, 3.63) is 41.2 Å². The summed E-state index contributed by atoms with van der Waals surface area (Å²) in [5.41, 5.74) is 2.18. The van der Waals surface area contributed by atoms with Crippen molar-refractivity contribution in [2.45, 2.75) is 25.7 Å². The molecule has 0 unspecified atom stereocenters. The van der Waals surface area contributed by atoms with Crippen LogP contribution in [-0.2, 0) is 4.79 Å². The highest BCUT2D eigenvalue weighted by Crippen LogP contribution is 2.32. The second-order valence-electron chi connectivity index (χ2n) is 3.98. The maximum absolute atomic E-state index is 12.8. The summed E-state index contributed by atoms with van der Waals surface area (Å²) >= 11 is 0. The molecular formula is C13H13FO2. The highest BCUT2D eigenvalue weighted by atomic mass is 19.1. The van der Waals surface area contributed by atoms with Crippen LogP contribution in [0.25, 0.3) is 5.57 Å². The van der Waals surface area contributed by atoms with Crippen molar-refractivity contribution in [1.29, 1.82) is 0 Å². The van der Waals surface area contributed by atoms with Gasteiger partial charge in [-0.1, -0.05) is 12.1 Å². The predicted octanol–water partition coefficient (Wildman–Crippen LogP) is 3.24. The molecule has 0 bridgehead atoms. The molecule has 0 spiro atoms. The van der Waals surface area contributed by atoms with Gasteiger partial charge in [0.2, 0.25) is 0 Å². The van der Waals surface area contributed by atoms with Crippen LogP contribution in [0.1, 0.15) is 31.2 Å². The number of carbonyl (C=O) groups is 1. The lowest BCUT2D eigenvalue weighted by Crippen LogP contribution is -2.08. The Labute approximate surface area is 93.4 Å². The van der Waals surface area contributed by atoms with Crippen LogP contribution in [0.4, 0.5) is 4.39 Å². The average Bonchev–Trinajstić information content (AvgIpc) is 2.30. The molecule has 1 N–H and O–H groups in total. The highest BCUT2D eigenvalue weighted by Gasteiger charge is 2.19. The molecule has 1 aromatic rings. The molecule has 0 radical (unpaired) electrons. The van der Waals surface area contributed by atoms with Gasteiger partial charge in [-0.3, -0.25) is 0 Å². The van der Waals surface area contributed by atoms with Gasteiger partial charge in [0.25, 0.3) is 0 Å². The van der Waals surface area contributed by atoms with Gasteiger partial charge < -0.3 is 5.11 Å². The van der Waals surface area contributed by atoms with Crippen LogP contribution in [0, 0.1) is 5.82 Å². The monoisotopic (exact) mass is 220 g/mol. The number of benzene rings is 1. The minimum Gasteiger partial charge on any atom is -0.478 e. The summed E-state index contributed by atoms with van der Waals surface area (Å²) < 4.78 is 12.8. The van der Waals surface area contributed by atoms with Gasteiger partial charge in [-0.05, 0) is 49.0 Å². The topological polar surface area (TPSA) is 37.3 Å². The minimum absolute atomic E-state index is 0.294. The molecule has 3 heteroatoms. The van der Waals surface area contributed by atoms with Gasteiger partial charge in [0.05, 0.1) is 0 Å². The summed E-state index contributed by atoms with van der Waals surface area (Å²) in [6.45, 7) is 0. The van der Waals surface area contributed by atoms with E-state index in [0.29, 0.717) is 12.0 Å². The molecule has 0 aliphatic heterocycles. The second-order valence-corrected chi connectivity index (χ2v) is 3.98. The Morgan fingerprint density at radius 1 is 1.12 bits per heavy atom. The first-order valence-corrected chi connectivity index (χ1v) is 5.40. The molecule has 2 nitrogen and oxygen atoms in total. The lowest BCUT2D eigenvalue weighted by atomic mass is 9.87. The number of hydrogen-bond donors (Lipinski definition) is 1. The Balaban J connectivity index is 2.43. The number of halogens is 1. The summed E-state index contributed by atoms with van der Waals surface area (Å²) in [5, 5.41) is 9.09. The van der Waals surface area contributed by atoms with E-state index in [2.05, 4.69) is 0 Å². The third-order valence-corrected chi connectivity index (χ3v) is 2.92. The van der Waals surface area contributed by atoms with E-state index >= 15 is 0 Å². The predicted molar refractivity (Wildman–Crippen MR) is 59.4 cm³/mol. The Hall–Kier alpha value is -1.64. The molecule has 1 aromatic carbocycles. The van der Waals surface area contributed by atoms with Crippen LogP contribution in [0.5, 0.6) is 0 Å². The Morgan fingerprint density at radius 2 is 1.75 bits per heavy atom. The Morgan fingerprint density at radius 3 is 2.38 bits per heavy atom. The molecule has 0 amide bonds. The van der Waals surface area contributed by atoms with Crippen molar-refractivity contribution >= 4 is 11.5 Å². The molecule has 1 aliphatic rings. The number of rotatable bonds is 2.